The number of carbonyl (C=O) groups is 1. The van der Waals surface area contributed by atoms with Crippen LogP contribution in [0.5, 0.6) is 0 Å². The summed E-state index contributed by atoms with van der Waals surface area (Å²) in [5.41, 5.74) is 4.11. The van der Waals surface area contributed by atoms with Gasteiger partial charge in [-0.2, -0.15) is 0 Å². The molecule has 7 heteroatoms. The highest BCUT2D eigenvalue weighted by Gasteiger charge is 2.13. The number of nitro groups is 1. The predicted molar refractivity (Wildman–Crippen MR) is 106 cm³/mol. The van der Waals surface area contributed by atoms with E-state index in [2.05, 4.69) is 34.6 Å². The van der Waals surface area contributed by atoms with Crippen LogP contribution in [0, 0.1) is 24.0 Å². The molecule has 3 aromatic rings. The number of benzene rings is 2. The zero-order valence-corrected chi connectivity index (χ0v) is 15.9. The molecule has 27 heavy (non-hydrogen) atoms. The van der Waals surface area contributed by atoms with E-state index in [0.717, 1.165) is 16.3 Å². The molecule has 3 rings (SSSR count). The zero-order chi connectivity index (χ0) is 19.4. The van der Waals surface area contributed by atoms with Gasteiger partial charge in [0.2, 0.25) is 0 Å². The maximum absolute atomic E-state index is 12.2. The van der Waals surface area contributed by atoms with Crippen LogP contribution < -0.4 is 5.32 Å². The van der Waals surface area contributed by atoms with Gasteiger partial charge in [0.25, 0.3) is 11.6 Å². The van der Waals surface area contributed by atoms with Gasteiger partial charge in [-0.3, -0.25) is 14.9 Å². The first-order valence-corrected chi connectivity index (χ1v) is 9.36. The van der Waals surface area contributed by atoms with E-state index in [1.165, 1.54) is 23.8 Å². The van der Waals surface area contributed by atoms with E-state index in [4.69, 9.17) is 0 Å². The maximum Gasteiger partial charge on any atom is 0.272 e. The summed E-state index contributed by atoms with van der Waals surface area (Å²) in [7, 11) is 0. The molecule has 0 bridgehead atoms. The van der Waals surface area contributed by atoms with Crippen LogP contribution in [0.1, 0.15) is 27.2 Å². The normalized spacial score (nSPS) is 10.6. The van der Waals surface area contributed by atoms with E-state index in [0.29, 0.717) is 24.1 Å². The fourth-order valence-corrected chi connectivity index (χ4v) is 3.52. The monoisotopic (exact) mass is 381 g/mol. The van der Waals surface area contributed by atoms with Crippen LogP contribution in [-0.2, 0) is 6.42 Å². The van der Waals surface area contributed by atoms with Crippen LogP contribution in [0.3, 0.4) is 0 Å². The van der Waals surface area contributed by atoms with Crippen molar-refractivity contribution in [2.75, 3.05) is 6.54 Å². The van der Waals surface area contributed by atoms with Crippen LogP contribution >= 0.6 is 11.3 Å². The SMILES string of the molecule is Cc1ccc(-c2nc(CCNC(=O)c3ccc([N+](=O)[O-])c(C)c3)cs2)cc1. The lowest BCUT2D eigenvalue weighted by Crippen LogP contribution is -2.25. The molecule has 0 aliphatic heterocycles. The molecular formula is C20H19N3O3S. The number of carbonyl (C=O) groups excluding carboxylic acids is 1. The molecule has 0 atom stereocenters. The molecule has 0 radical (unpaired) electrons. The molecule has 1 heterocycles. The van der Waals surface area contributed by atoms with Gasteiger partial charge in [-0.25, -0.2) is 4.98 Å². The first kappa shape index (κ1) is 18.7. The number of nitro benzene ring substituents is 1. The Hall–Kier alpha value is -3.06. The highest BCUT2D eigenvalue weighted by molar-refractivity contribution is 7.13. The Morgan fingerprint density at radius 1 is 1.19 bits per heavy atom. The number of nitrogens with zero attached hydrogens (tertiary/aromatic N) is 2. The van der Waals surface area contributed by atoms with Crippen molar-refractivity contribution in [1.82, 2.24) is 10.3 Å². The molecule has 0 spiro atoms. The minimum absolute atomic E-state index is 0.0117. The Labute approximate surface area is 161 Å². The highest BCUT2D eigenvalue weighted by atomic mass is 32.1. The van der Waals surface area contributed by atoms with Gasteiger partial charge in [-0.1, -0.05) is 29.8 Å². The molecule has 138 valence electrons. The first-order chi connectivity index (χ1) is 12.9. The average molecular weight is 381 g/mol. The van der Waals surface area contributed by atoms with Crippen molar-refractivity contribution in [2.24, 2.45) is 0 Å². The van der Waals surface area contributed by atoms with E-state index in [-0.39, 0.29) is 11.6 Å². The Bertz CT molecular complexity index is 980. The van der Waals surface area contributed by atoms with Crippen molar-refractivity contribution < 1.29 is 9.72 Å². The Balaban J connectivity index is 1.57. The second kappa shape index (κ2) is 8.09. The summed E-state index contributed by atoms with van der Waals surface area (Å²) in [5, 5.41) is 16.6. The number of hydrogen-bond donors (Lipinski definition) is 1. The van der Waals surface area contributed by atoms with E-state index >= 15 is 0 Å². The summed E-state index contributed by atoms with van der Waals surface area (Å²) >= 11 is 1.58. The standard InChI is InChI=1S/C20H19N3O3S/c1-13-3-5-15(6-4-13)20-22-17(12-27-20)9-10-21-19(24)16-7-8-18(23(25)26)14(2)11-16/h3-8,11-12H,9-10H2,1-2H3,(H,21,24). The van der Waals surface area contributed by atoms with Crippen molar-refractivity contribution >= 4 is 22.9 Å². The first-order valence-electron chi connectivity index (χ1n) is 8.49. The van der Waals surface area contributed by atoms with E-state index < -0.39 is 4.92 Å². The highest BCUT2D eigenvalue weighted by Crippen LogP contribution is 2.24. The van der Waals surface area contributed by atoms with Gasteiger partial charge in [0.15, 0.2) is 0 Å². The van der Waals surface area contributed by atoms with Gasteiger partial charge in [-0.15, -0.1) is 11.3 Å². The van der Waals surface area contributed by atoms with Crippen molar-refractivity contribution in [3.63, 3.8) is 0 Å². The summed E-state index contributed by atoms with van der Waals surface area (Å²) in [4.78, 5) is 27.2. The van der Waals surface area contributed by atoms with Crippen molar-refractivity contribution in [2.45, 2.75) is 20.3 Å². The minimum Gasteiger partial charge on any atom is -0.352 e. The molecule has 0 saturated carbocycles. The molecule has 2 aromatic carbocycles. The van der Waals surface area contributed by atoms with Crippen LogP contribution in [0.4, 0.5) is 5.69 Å². The number of hydrogen-bond acceptors (Lipinski definition) is 5. The topological polar surface area (TPSA) is 85.1 Å². The third-order valence-corrected chi connectivity index (χ3v) is 5.11. The van der Waals surface area contributed by atoms with Crippen LogP contribution in [0.25, 0.3) is 10.6 Å². The molecule has 0 unspecified atom stereocenters. The largest absolute Gasteiger partial charge is 0.352 e. The van der Waals surface area contributed by atoms with E-state index in [9.17, 15) is 14.9 Å². The summed E-state index contributed by atoms with van der Waals surface area (Å²) in [6.45, 7) is 4.12. The number of nitrogens with one attached hydrogen (secondary N) is 1. The molecule has 6 nitrogen and oxygen atoms in total. The lowest BCUT2D eigenvalue weighted by atomic mass is 10.1. The van der Waals surface area contributed by atoms with Crippen LogP contribution in [-0.4, -0.2) is 22.4 Å². The smallest absolute Gasteiger partial charge is 0.272 e. The van der Waals surface area contributed by atoms with Gasteiger partial charge in [0.05, 0.1) is 10.6 Å². The summed E-state index contributed by atoms with van der Waals surface area (Å²) in [5.74, 6) is -0.248. The molecule has 0 fully saturated rings. The summed E-state index contributed by atoms with van der Waals surface area (Å²) in [6, 6.07) is 12.6. The van der Waals surface area contributed by atoms with Gasteiger partial charge in [0, 0.05) is 41.1 Å². The number of rotatable bonds is 6. The molecule has 0 saturated heterocycles. The van der Waals surface area contributed by atoms with E-state index in [1.807, 2.05) is 12.3 Å². The van der Waals surface area contributed by atoms with E-state index in [1.54, 1.807) is 18.3 Å². The van der Waals surface area contributed by atoms with Gasteiger partial charge in [0.1, 0.15) is 5.01 Å². The van der Waals surface area contributed by atoms with Crippen LogP contribution in [0.2, 0.25) is 0 Å². The number of aryl methyl sites for hydroxylation is 2. The van der Waals surface area contributed by atoms with Crippen molar-refractivity contribution in [3.8, 4) is 10.6 Å². The quantitative estimate of drug-likeness (QED) is 0.509. The van der Waals surface area contributed by atoms with Gasteiger partial charge < -0.3 is 5.32 Å². The van der Waals surface area contributed by atoms with Crippen molar-refractivity contribution in [1.29, 1.82) is 0 Å². The van der Waals surface area contributed by atoms with Gasteiger partial charge in [-0.05, 0) is 26.0 Å². The Kier molecular flexibility index (Phi) is 5.61. The summed E-state index contributed by atoms with van der Waals surface area (Å²) in [6.07, 6.45) is 0.625. The second-order valence-corrected chi connectivity index (χ2v) is 7.13. The maximum atomic E-state index is 12.2. The zero-order valence-electron chi connectivity index (χ0n) is 15.1. The van der Waals surface area contributed by atoms with Gasteiger partial charge >= 0.3 is 0 Å². The minimum atomic E-state index is -0.453. The lowest BCUT2D eigenvalue weighted by Gasteiger charge is -2.05. The third kappa shape index (κ3) is 4.57. The predicted octanol–water partition coefficient (Wildman–Crippen LogP) is 4.31. The van der Waals surface area contributed by atoms with Crippen molar-refractivity contribution in [3.05, 3.63) is 80.3 Å². The molecule has 1 amide bonds. The third-order valence-electron chi connectivity index (χ3n) is 4.17. The molecule has 0 aliphatic carbocycles. The molecular weight excluding hydrogens is 362 g/mol. The Morgan fingerprint density at radius 3 is 2.59 bits per heavy atom. The van der Waals surface area contributed by atoms with Crippen LogP contribution in [0.15, 0.2) is 47.8 Å². The molecule has 1 N–H and O–H groups in total. The fraction of sp³-hybridized carbons (Fsp3) is 0.200. The molecule has 0 aliphatic rings. The number of aromatic nitrogens is 1. The molecule has 1 aromatic heterocycles. The number of thiazole rings is 1. The Morgan fingerprint density at radius 2 is 1.93 bits per heavy atom. The average Bonchev–Trinajstić information content (AvgIpc) is 3.10. The number of amides is 1. The summed E-state index contributed by atoms with van der Waals surface area (Å²) < 4.78 is 0. The fourth-order valence-electron chi connectivity index (χ4n) is 2.66. The lowest BCUT2D eigenvalue weighted by molar-refractivity contribution is -0.385. The second-order valence-electron chi connectivity index (χ2n) is 6.27.